The van der Waals surface area contributed by atoms with Gasteiger partial charge in [0.25, 0.3) is 5.56 Å². The fourth-order valence-electron chi connectivity index (χ4n) is 2.72. The molecule has 2 heterocycles. The minimum absolute atomic E-state index is 0.00455. The molecule has 1 aliphatic heterocycles. The van der Waals surface area contributed by atoms with Gasteiger partial charge in [0.05, 0.1) is 23.5 Å². The van der Waals surface area contributed by atoms with Gasteiger partial charge in [0.2, 0.25) is 5.91 Å². The van der Waals surface area contributed by atoms with Gasteiger partial charge in [0.15, 0.2) is 5.16 Å². The minimum Gasteiger partial charge on any atom is -0.497 e. The van der Waals surface area contributed by atoms with Crippen LogP contribution in [0, 0.1) is 0 Å². The average molecular weight is 392 g/mol. The summed E-state index contributed by atoms with van der Waals surface area (Å²) in [6.07, 6.45) is 0.797. The zero-order valence-electron chi connectivity index (χ0n) is 14.9. The first-order valence-corrected chi connectivity index (χ1v) is 10.3. The van der Waals surface area contributed by atoms with Crippen LogP contribution < -0.4 is 15.6 Å². The van der Waals surface area contributed by atoms with Crippen molar-refractivity contribution in [2.75, 3.05) is 18.2 Å². The molecule has 26 heavy (non-hydrogen) atoms. The number of hydrogen-bond acceptors (Lipinski definition) is 6. The summed E-state index contributed by atoms with van der Waals surface area (Å²) in [6, 6.07) is 7.15. The quantitative estimate of drug-likeness (QED) is 0.603. The number of anilines is 1. The molecule has 0 bridgehead atoms. The van der Waals surface area contributed by atoms with Crippen LogP contribution in [-0.2, 0) is 17.8 Å². The van der Waals surface area contributed by atoms with Crippen molar-refractivity contribution in [3.8, 4) is 5.75 Å². The van der Waals surface area contributed by atoms with Gasteiger partial charge in [0.1, 0.15) is 5.75 Å². The van der Waals surface area contributed by atoms with E-state index in [0.717, 1.165) is 22.8 Å². The summed E-state index contributed by atoms with van der Waals surface area (Å²) in [4.78, 5) is 30.3. The highest BCUT2D eigenvalue weighted by Gasteiger charge is 2.26. The fraction of sp³-hybridized carbons (Fsp3) is 0.389. The van der Waals surface area contributed by atoms with Crippen molar-refractivity contribution in [2.45, 2.75) is 42.1 Å². The summed E-state index contributed by atoms with van der Waals surface area (Å²) in [7, 11) is 1.60. The van der Waals surface area contributed by atoms with E-state index in [0.29, 0.717) is 22.6 Å². The van der Waals surface area contributed by atoms with Gasteiger partial charge in [0, 0.05) is 23.9 Å². The number of rotatable bonds is 6. The molecule has 8 heteroatoms. The normalized spacial score (nSPS) is 15.6. The third-order valence-electron chi connectivity index (χ3n) is 3.99. The van der Waals surface area contributed by atoms with E-state index >= 15 is 0 Å². The molecule has 138 valence electrons. The Bertz CT molecular complexity index is 865. The van der Waals surface area contributed by atoms with E-state index in [2.05, 4.69) is 17.2 Å². The predicted molar refractivity (Wildman–Crippen MR) is 106 cm³/mol. The molecule has 0 saturated carbocycles. The first-order chi connectivity index (χ1) is 12.5. The molecule has 3 rings (SSSR count). The Hall–Kier alpha value is -1.93. The molecule has 0 aliphatic carbocycles. The number of amides is 1. The van der Waals surface area contributed by atoms with Crippen LogP contribution in [0.25, 0.3) is 0 Å². The summed E-state index contributed by atoms with van der Waals surface area (Å²) >= 11 is 2.88. The third kappa shape index (κ3) is 4.07. The standard InChI is InChI=1S/C18H21N3O3S2/c1-4-21-17(23)16-14(9-11(2)26-16)20-18(21)25-10-15(22)19-12-5-7-13(24-3)8-6-12/h5-8,11H,4,9-10H2,1-3H3,(H,19,22)/t11-/m0/s1. The Morgan fingerprint density at radius 3 is 2.81 bits per heavy atom. The van der Waals surface area contributed by atoms with Crippen molar-refractivity contribution in [3.63, 3.8) is 0 Å². The second kappa shape index (κ2) is 8.18. The Balaban J connectivity index is 1.69. The van der Waals surface area contributed by atoms with Crippen LogP contribution >= 0.6 is 23.5 Å². The number of nitrogens with one attached hydrogen (secondary N) is 1. The van der Waals surface area contributed by atoms with Gasteiger partial charge in [-0.1, -0.05) is 18.7 Å². The minimum atomic E-state index is -0.139. The molecule has 0 spiro atoms. The van der Waals surface area contributed by atoms with E-state index in [-0.39, 0.29) is 17.2 Å². The van der Waals surface area contributed by atoms with Gasteiger partial charge in [-0.25, -0.2) is 4.98 Å². The number of aromatic nitrogens is 2. The summed E-state index contributed by atoms with van der Waals surface area (Å²) < 4.78 is 6.75. The number of benzene rings is 1. The van der Waals surface area contributed by atoms with E-state index in [1.807, 2.05) is 6.92 Å². The lowest BCUT2D eigenvalue weighted by Gasteiger charge is -2.11. The van der Waals surface area contributed by atoms with Crippen molar-refractivity contribution in [2.24, 2.45) is 0 Å². The molecule has 1 aromatic carbocycles. The Morgan fingerprint density at radius 2 is 2.15 bits per heavy atom. The van der Waals surface area contributed by atoms with Crippen molar-refractivity contribution in [1.82, 2.24) is 9.55 Å². The van der Waals surface area contributed by atoms with Crippen molar-refractivity contribution in [1.29, 1.82) is 0 Å². The molecule has 1 aromatic heterocycles. The smallest absolute Gasteiger partial charge is 0.268 e. The molecule has 6 nitrogen and oxygen atoms in total. The van der Waals surface area contributed by atoms with Gasteiger partial charge >= 0.3 is 0 Å². The Kier molecular flexibility index (Phi) is 5.93. The molecular weight excluding hydrogens is 370 g/mol. The van der Waals surface area contributed by atoms with Crippen LogP contribution in [0.1, 0.15) is 19.5 Å². The van der Waals surface area contributed by atoms with Crippen molar-refractivity contribution < 1.29 is 9.53 Å². The monoisotopic (exact) mass is 391 g/mol. The maximum atomic E-state index is 12.6. The molecule has 0 radical (unpaired) electrons. The van der Waals surface area contributed by atoms with E-state index < -0.39 is 0 Å². The lowest BCUT2D eigenvalue weighted by Crippen LogP contribution is -2.25. The molecule has 1 atom stereocenters. The summed E-state index contributed by atoms with van der Waals surface area (Å²) in [5.74, 6) is 0.791. The topological polar surface area (TPSA) is 73.2 Å². The number of nitrogens with zero attached hydrogens (tertiary/aromatic N) is 2. The summed E-state index contributed by atoms with van der Waals surface area (Å²) in [6.45, 7) is 4.55. The maximum absolute atomic E-state index is 12.6. The third-order valence-corrected chi connectivity index (χ3v) is 6.18. The molecular formula is C18H21N3O3S2. The van der Waals surface area contributed by atoms with Gasteiger partial charge in [-0.05, 0) is 31.2 Å². The fourth-order valence-corrected chi connectivity index (χ4v) is 4.72. The summed E-state index contributed by atoms with van der Waals surface area (Å²) in [5.41, 5.74) is 1.57. The van der Waals surface area contributed by atoms with E-state index in [1.165, 1.54) is 11.8 Å². The van der Waals surface area contributed by atoms with Crippen LogP contribution in [-0.4, -0.2) is 33.6 Å². The number of ether oxygens (including phenoxy) is 1. The molecule has 1 N–H and O–H groups in total. The van der Waals surface area contributed by atoms with Gasteiger partial charge < -0.3 is 10.1 Å². The highest BCUT2D eigenvalue weighted by molar-refractivity contribution is 8.00. The van der Waals surface area contributed by atoms with Crippen LogP contribution in [0.15, 0.2) is 39.1 Å². The highest BCUT2D eigenvalue weighted by Crippen LogP contribution is 2.34. The summed E-state index contributed by atoms with van der Waals surface area (Å²) in [5, 5.41) is 3.82. The first kappa shape index (κ1) is 18.8. The highest BCUT2D eigenvalue weighted by atomic mass is 32.2. The first-order valence-electron chi connectivity index (χ1n) is 8.39. The lowest BCUT2D eigenvalue weighted by molar-refractivity contribution is -0.113. The zero-order chi connectivity index (χ0) is 18.7. The van der Waals surface area contributed by atoms with Crippen LogP contribution in [0.2, 0.25) is 0 Å². The van der Waals surface area contributed by atoms with Crippen LogP contribution in [0.3, 0.4) is 0 Å². The van der Waals surface area contributed by atoms with Gasteiger partial charge in [-0.15, -0.1) is 11.8 Å². The van der Waals surface area contributed by atoms with Gasteiger partial charge in [-0.2, -0.15) is 0 Å². The second-order valence-electron chi connectivity index (χ2n) is 5.92. The molecule has 2 aromatic rings. The molecule has 1 aliphatic rings. The maximum Gasteiger partial charge on any atom is 0.268 e. The lowest BCUT2D eigenvalue weighted by atomic mass is 10.2. The molecule has 0 saturated heterocycles. The average Bonchev–Trinajstić information content (AvgIpc) is 3.01. The zero-order valence-corrected chi connectivity index (χ0v) is 16.6. The van der Waals surface area contributed by atoms with E-state index in [1.54, 1.807) is 47.7 Å². The van der Waals surface area contributed by atoms with E-state index in [4.69, 9.17) is 4.74 Å². The second-order valence-corrected chi connectivity index (χ2v) is 8.31. The largest absolute Gasteiger partial charge is 0.497 e. The van der Waals surface area contributed by atoms with Gasteiger partial charge in [-0.3, -0.25) is 14.2 Å². The van der Waals surface area contributed by atoms with E-state index in [9.17, 15) is 9.59 Å². The number of thioether (sulfide) groups is 2. The number of carbonyl (C=O) groups is 1. The SMILES string of the molecule is CCn1c(SCC(=O)Nc2ccc(OC)cc2)nc2c(c1=O)S[C@@H](C)C2. The van der Waals surface area contributed by atoms with Crippen LogP contribution in [0.4, 0.5) is 5.69 Å². The van der Waals surface area contributed by atoms with Crippen molar-refractivity contribution in [3.05, 3.63) is 40.3 Å². The van der Waals surface area contributed by atoms with Crippen LogP contribution in [0.5, 0.6) is 5.75 Å². The van der Waals surface area contributed by atoms with Crippen molar-refractivity contribution >= 4 is 35.1 Å². The number of carbonyl (C=O) groups excluding carboxylic acids is 1. The molecule has 1 amide bonds. The number of methoxy groups -OCH3 is 1. The Labute approximate surface area is 160 Å². The molecule has 0 unspecified atom stereocenters. The predicted octanol–water partition coefficient (Wildman–Crippen LogP) is 3.04. The number of hydrogen-bond donors (Lipinski definition) is 1. The molecule has 0 fully saturated rings. The number of fused-ring (bicyclic) bond motifs is 1. The Morgan fingerprint density at radius 1 is 1.42 bits per heavy atom.